The Balaban J connectivity index is 2.52. The van der Waals surface area contributed by atoms with Gasteiger partial charge < -0.3 is 4.42 Å². The molecule has 1 aromatic carbocycles. The monoisotopic (exact) mass is 266 g/mol. The minimum absolute atomic E-state index is 0.0933. The molecule has 0 aliphatic rings. The van der Waals surface area contributed by atoms with Crippen LogP contribution in [-0.4, -0.2) is 4.98 Å². The van der Waals surface area contributed by atoms with E-state index in [9.17, 15) is 9.59 Å². The summed E-state index contributed by atoms with van der Waals surface area (Å²) < 4.78 is 5.54. The minimum Gasteiger partial charge on any atom is -0.439 e. The van der Waals surface area contributed by atoms with Crippen molar-refractivity contribution in [2.24, 2.45) is 0 Å². The van der Waals surface area contributed by atoms with Crippen molar-refractivity contribution in [3.63, 3.8) is 0 Å². The Hall–Kier alpha value is -2.87. The van der Waals surface area contributed by atoms with Gasteiger partial charge in [0.05, 0.1) is 10.8 Å². The van der Waals surface area contributed by atoms with Gasteiger partial charge in [0.15, 0.2) is 0 Å². The van der Waals surface area contributed by atoms with Crippen LogP contribution in [0.4, 0.5) is 0 Å². The summed E-state index contributed by atoms with van der Waals surface area (Å²) in [6, 6.07) is 8.40. The first-order chi connectivity index (χ1) is 9.63. The Morgan fingerprint density at radius 2 is 2.05 bits per heavy atom. The lowest BCUT2D eigenvalue weighted by Gasteiger charge is -2.03. The van der Waals surface area contributed by atoms with Crippen molar-refractivity contribution in [3.8, 4) is 6.07 Å². The van der Waals surface area contributed by atoms with E-state index in [1.54, 1.807) is 18.2 Å². The average Bonchev–Trinajstić information content (AvgIpc) is 2.46. The zero-order valence-electron chi connectivity index (χ0n) is 10.7. The molecule has 0 unspecified atom stereocenters. The number of H-pyrrole nitrogens is 1. The van der Waals surface area contributed by atoms with Gasteiger partial charge in [-0.1, -0.05) is 13.0 Å². The molecular formula is C15H10N2O3. The highest BCUT2D eigenvalue weighted by atomic mass is 16.3. The van der Waals surface area contributed by atoms with Gasteiger partial charge in [0.1, 0.15) is 17.2 Å². The van der Waals surface area contributed by atoms with Gasteiger partial charge >= 0.3 is 0 Å². The van der Waals surface area contributed by atoms with Gasteiger partial charge in [0.2, 0.25) is 11.1 Å². The first kappa shape index (κ1) is 12.2. The molecular weight excluding hydrogens is 256 g/mol. The predicted molar refractivity (Wildman–Crippen MR) is 74.7 cm³/mol. The molecule has 2 aromatic heterocycles. The van der Waals surface area contributed by atoms with Gasteiger partial charge in [-0.05, 0) is 30.2 Å². The average molecular weight is 266 g/mol. The Kier molecular flexibility index (Phi) is 2.65. The highest BCUT2D eigenvalue weighted by Crippen LogP contribution is 2.18. The lowest BCUT2D eigenvalue weighted by Crippen LogP contribution is -2.13. The Morgan fingerprint density at radius 1 is 1.25 bits per heavy atom. The molecule has 0 radical (unpaired) electrons. The fourth-order valence-corrected chi connectivity index (χ4v) is 2.16. The van der Waals surface area contributed by atoms with Crippen molar-refractivity contribution in [1.29, 1.82) is 5.26 Å². The number of hydrogen-bond acceptors (Lipinski definition) is 4. The smallest absolute Gasteiger partial charge is 0.268 e. The zero-order chi connectivity index (χ0) is 14.3. The van der Waals surface area contributed by atoms with Crippen LogP contribution in [0.2, 0.25) is 0 Å². The van der Waals surface area contributed by atoms with Crippen LogP contribution in [0.25, 0.3) is 22.1 Å². The lowest BCUT2D eigenvalue weighted by molar-refractivity contribution is 0.643. The molecule has 0 saturated heterocycles. The maximum absolute atomic E-state index is 12.4. The molecule has 0 spiro atoms. The molecule has 2 heterocycles. The quantitative estimate of drug-likeness (QED) is 0.683. The van der Waals surface area contributed by atoms with E-state index in [1.165, 1.54) is 6.07 Å². The van der Waals surface area contributed by atoms with Gasteiger partial charge in [-0.25, -0.2) is 0 Å². The number of benzene rings is 1. The highest BCUT2D eigenvalue weighted by Gasteiger charge is 2.11. The largest absolute Gasteiger partial charge is 0.439 e. The fourth-order valence-electron chi connectivity index (χ4n) is 2.16. The van der Waals surface area contributed by atoms with E-state index in [4.69, 9.17) is 9.68 Å². The summed E-state index contributed by atoms with van der Waals surface area (Å²) in [5.74, 6) is 0. The molecule has 20 heavy (non-hydrogen) atoms. The molecule has 0 saturated carbocycles. The van der Waals surface area contributed by atoms with E-state index >= 15 is 0 Å². The van der Waals surface area contributed by atoms with Crippen molar-refractivity contribution >= 4 is 22.1 Å². The molecule has 0 aliphatic carbocycles. The molecule has 98 valence electrons. The van der Waals surface area contributed by atoms with Gasteiger partial charge in [0.25, 0.3) is 5.56 Å². The SMILES string of the molecule is CCc1ccc2oc3[nH]c(=O)c(C#N)cc3c(=O)c2c1. The van der Waals surface area contributed by atoms with Gasteiger partial charge in [0, 0.05) is 0 Å². The molecule has 0 fully saturated rings. The van der Waals surface area contributed by atoms with E-state index in [0.29, 0.717) is 11.0 Å². The number of fused-ring (bicyclic) bond motifs is 2. The third kappa shape index (κ3) is 1.70. The first-order valence-electron chi connectivity index (χ1n) is 6.17. The molecule has 0 amide bonds. The summed E-state index contributed by atoms with van der Waals surface area (Å²) in [6.07, 6.45) is 0.808. The summed E-state index contributed by atoms with van der Waals surface area (Å²) >= 11 is 0. The zero-order valence-corrected chi connectivity index (χ0v) is 10.7. The van der Waals surface area contributed by atoms with Crippen molar-refractivity contribution in [2.75, 3.05) is 0 Å². The van der Waals surface area contributed by atoms with Crippen LogP contribution in [0.15, 0.2) is 38.3 Å². The van der Waals surface area contributed by atoms with Crippen LogP contribution >= 0.6 is 0 Å². The molecule has 0 aliphatic heterocycles. The summed E-state index contributed by atoms with van der Waals surface area (Å²) in [7, 11) is 0. The molecule has 0 bridgehead atoms. The topological polar surface area (TPSA) is 86.9 Å². The van der Waals surface area contributed by atoms with Crippen LogP contribution in [0.1, 0.15) is 18.1 Å². The van der Waals surface area contributed by atoms with E-state index < -0.39 is 5.56 Å². The van der Waals surface area contributed by atoms with Crippen molar-refractivity contribution in [1.82, 2.24) is 4.98 Å². The second kappa shape index (κ2) is 4.35. The number of nitrogens with zero attached hydrogens (tertiary/aromatic N) is 1. The summed E-state index contributed by atoms with van der Waals surface area (Å²) in [5, 5.41) is 9.52. The van der Waals surface area contributed by atoms with Crippen LogP contribution in [0.5, 0.6) is 0 Å². The van der Waals surface area contributed by atoms with Crippen molar-refractivity contribution in [2.45, 2.75) is 13.3 Å². The predicted octanol–water partition coefficient (Wildman–Crippen LogP) is 2.07. The highest BCUT2D eigenvalue weighted by molar-refractivity contribution is 5.88. The molecule has 3 aromatic rings. The Bertz CT molecular complexity index is 990. The molecule has 1 N–H and O–H groups in total. The standard InChI is InChI=1S/C15H10N2O3/c1-2-8-3-4-12-10(5-8)13(18)11-6-9(7-16)14(19)17-15(11)20-12/h3-6H,2H2,1H3,(H,17,19). The van der Waals surface area contributed by atoms with E-state index in [2.05, 4.69) is 4.98 Å². The van der Waals surface area contributed by atoms with Crippen LogP contribution in [-0.2, 0) is 6.42 Å². The number of hydrogen-bond donors (Lipinski definition) is 1. The molecule has 3 rings (SSSR count). The lowest BCUT2D eigenvalue weighted by atomic mass is 10.1. The third-order valence-corrected chi connectivity index (χ3v) is 3.28. The molecule has 5 nitrogen and oxygen atoms in total. The van der Waals surface area contributed by atoms with Gasteiger partial charge in [-0.15, -0.1) is 0 Å². The minimum atomic E-state index is -0.562. The van der Waals surface area contributed by atoms with Crippen LogP contribution in [0, 0.1) is 11.3 Å². The van der Waals surface area contributed by atoms with Gasteiger partial charge in [-0.2, -0.15) is 5.26 Å². The maximum Gasteiger partial charge on any atom is 0.268 e. The second-order valence-corrected chi connectivity index (χ2v) is 4.48. The van der Waals surface area contributed by atoms with Crippen LogP contribution in [0.3, 0.4) is 0 Å². The summed E-state index contributed by atoms with van der Waals surface area (Å²) in [6.45, 7) is 2.00. The second-order valence-electron chi connectivity index (χ2n) is 4.48. The van der Waals surface area contributed by atoms with Crippen molar-refractivity contribution < 1.29 is 4.42 Å². The third-order valence-electron chi connectivity index (χ3n) is 3.28. The number of nitrogens with one attached hydrogen (secondary N) is 1. The Labute approximate surface area is 113 Å². The summed E-state index contributed by atoms with van der Waals surface area (Å²) in [4.78, 5) is 26.4. The Morgan fingerprint density at radius 3 is 2.75 bits per heavy atom. The normalized spacial score (nSPS) is 10.8. The van der Waals surface area contributed by atoms with Crippen molar-refractivity contribution in [3.05, 3.63) is 56.0 Å². The van der Waals surface area contributed by atoms with Crippen LogP contribution < -0.4 is 11.0 Å². The van der Waals surface area contributed by atoms with E-state index in [0.717, 1.165) is 12.0 Å². The number of nitriles is 1. The number of pyridine rings is 1. The van der Waals surface area contributed by atoms with E-state index in [-0.39, 0.29) is 22.1 Å². The maximum atomic E-state index is 12.4. The fraction of sp³-hybridized carbons (Fsp3) is 0.133. The van der Waals surface area contributed by atoms with E-state index in [1.807, 2.05) is 13.0 Å². The molecule has 0 atom stereocenters. The molecule has 5 heteroatoms. The number of aromatic amines is 1. The first-order valence-corrected chi connectivity index (χ1v) is 6.17. The number of aromatic nitrogens is 1. The number of rotatable bonds is 1. The number of aryl methyl sites for hydroxylation is 1. The van der Waals surface area contributed by atoms with Gasteiger partial charge in [-0.3, -0.25) is 14.6 Å². The summed E-state index contributed by atoms with van der Waals surface area (Å²) in [5.41, 5.74) is 0.623.